The zero-order valence-corrected chi connectivity index (χ0v) is 13.6. The van der Waals surface area contributed by atoms with Gasteiger partial charge in [-0.05, 0) is 13.0 Å². The van der Waals surface area contributed by atoms with Crippen LogP contribution < -0.4 is 0 Å². The van der Waals surface area contributed by atoms with Gasteiger partial charge < -0.3 is 14.2 Å². The molecule has 0 radical (unpaired) electrons. The van der Waals surface area contributed by atoms with Crippen molar-refractivity contribution in [3.05, 3.63) is 26.4 Å². The van der Waals surface area contributed by atoms with Crippen LogP contribution in [0.5, 0.6) is 0 Å². The van der Waals surface area contributed by atoms with Crippen LogP contribution in [-0.4, -0.2) is 38.9 Å². The summed E-state index contributed by atoms with van der Waals surface area (Å²) in [5.74, 6) is -1.33. The Kier molecular flexibility index (Phi) is 7.60. The summed E-state index contributed by atoms with van der Waals surface area (Å²) in [5, 5.41) is 10.7. The number of nitrogens with zero attached hydrogens (tertiary/aromatic N) is 1. The van der Waals surface area contributed by atoms with Crippen LogP contribution in [0, 0.1) is 11.3 Å². The molecule has 0 saturated heterocycles. The normalized spacial score (nSPS) is 10.9. The van der Waals surface area contributed by atoms with Gasteiger partial charge in [0.05, 0.1) is 23.8 Å². The van der Waals surface area contributed by atoms with Crippen molar-refractivity contribution in [3.63, 3.8) is 0 Å². The maximum atomic E-state index is 11.7. The van der Waals surface area contributed by atoms with Crippen LogP contribution in [0.4, 0.5) is 0 Å². The van der Waals surface area contributed by atoms with Crippen molar-refractivity contribution in [2.75, 3.05) is 26.9 Å². The molecule has 0 fully saturated rings. The van der Waals surface area contributed by atoms with Gasteiger partial charge in [0.15, 0.2) is 0 Å². The smallest absolute Gasteiger partial charge is 0.349 e. The van der Waals surface area contributed by atoms with Crippen molar-refractivity contribution in [2.24, 2.45) is 0 Å². The molecule has 0 aliphatic carbocycles. The molecule has 0 aliphatic rings. The van der Waals surface area contributed by atoms with Crippen LogP contribution in [0.15, 0.2) is 11.0 Å². The van der Waals surface area contributed by atoms with Gasteiger partial charge in [-0.15, -0.1) is 11.3 Å². The first kappa shape index (κ1) is 18.2. The number of rotatable bonds is 7. The highest BCUT2D eigenvalue weighted by Crippen LogP contribution is 2.30. The second-order valence-electron chi connectivity index (χ2n) is 3.85. The van der Waals surface area contributed by atoms with Crippen LogP contribution in [0.3, 0.4) is 0 Å². The third-order valence-corrected chi connectivity index (χ3v) is 3.84. The average Bonchev–Trinajstić information content (AvgIpc) is 2.86. The van der Waals surface area contributed by atoms with Gasteiger partial charge in [0.25, 0.3) is 0 Å². The minimum atomic E-state index is -0.776. The Morgan fingerprint density at radius 1 is 1.41 bits per heavy atom. The van der Waals surface area contributed by atoms with Crippen molar-refractivity contribution < 1.29 is 23.8 Å². The lowest BCUT2D eigenvalue weighted by atomic mass is 10.2. The van der Waals surface area contributed by atoms with Gasteiger partial charge in [-0.25, -0.2) is 9.59 Å². The van der Waals surface area contributed by atoms with Crippen molar-refractivity contribution >= 4 is 41.0 Å². The van der Waals surface area contributed by atoms with Gasteiger partial charge >= 0.3 is 11.9 Å². The van der Waals surface area contributed by atoms with E-state index >= 15 is 0 Å². The molecule has 0 amide bonds. The molecule has 6 nitrogen and oxygen atoms in total. The Hall–Kier alpha value is -1.88. The van der Waals surface area contributed by atoms with E-state index in [1.807, 2.05) is 0 Å². The van der Waals surface area contributed by atoms with Crippen molar-refractivity contribution in [3.8, 4) is 6.07 Å². The highest BCUT2D eigenvalue weighted by molar-refractivity contribution is 7.12. The lowest BCUT2D eigenvalue weighted by Crippen LogP contribution is -2.11. The van der Waals surface area contributed by atoms with E-state index in [4.69, 9.17) is 31.1 Å². The summed E-state index contributed by atoms with van der Waals surface area (Å²) in [6.45, 7) is 2.19. The van der Waals surface area contributed by atoms with E-state index in [2.05, 4.69) is 0 Å². The number of thiophene rings is 1. The molecule has 0 aliphatic heterocycles. The van der Waals surface area contributed by atoms with Crippen LogP contribution >= 0.6 is 22.9 Å². The standard InChI is InChI=1S/C14H14ClNO5S/c1-3-20-14(18)10-8-22-11(12(10)15)6-9(7-16)13(17)21-5-4-19-2/h6,8H,3-5H2,1-2H3/b9-6+. The zero-order chi connectivity index (χ0) is 16.5. The SMILES string of the molecule is CCOC(=O)c1csc(/C=C(\C#N)C(=O)OCCOC)c1Cl. The topological polar surface area (TPSA) is 85.6 Å². The minimum Gasteiger partial charge on any atom is -0.462 e. The third kappa shape index (κ3) is 4.84. The van der Waals surface area contributed by atoms with E-state index in [0.717, 1.165) is 11.3 Å². The zero-order valence-electron chi connectivity index (χ0n) is 12.1. The molecule has 118 valence electrons. The van der Waals surface area contributed by atoms with Gasteiger partial charge in [0.2, 0.25) is 0 Å². The van der Waals surface area contributed by atoms with Crippen LogP contribution in [0.1, 0.15) is 22.2 Å². The summed E-state index contributed by atoms with van der Waals surface area (Å²) in [5.41, 5.74) is -0.0138. The summed E-state index contributed by atoms with van der Waals surface area (Å²) < 4.78 is 14.5. The quantitative estimate of drug-likeness (QED) is 0.327. The Morgan fingerprint density at radius 2 is 2.14 bits per heavy atom. The first-order valence-electron chi connectivity index (χ1n) is 6.27. The molecule has 22 heavy (non-hydrogen) atoms. The number of nitriles is 1. The second kappa shape index (κ2) is 9.20. The maximum Gasteiger partial charge on any atom is 0.349 e. The summed E-state index contributed by atoms with van der Waals surface area (Å²) >= 11 is 7.20. The van der Waals surface area contributed by atoms with E-state index < -0.39 is 11.9 Å². The minimum absolute atomic E-state index is 0.0423. The van der Waals surface area contributed by atoms with Gasteiger partial charge in [-0.1, -0.05) is 11.6 Å². The number of carbonyl (C=O) groups excluding carboxylic acids is 2. The Labute approximate surface area is 136 Å². The number of ether oxygens (including phenoxy) is 3. The van der Waals surface area contributed by atoms with E-state index in [-0.39, 0.29) is 36.0 Å². The molecule has 8 heteroatoms. The van der Waals surface area contributed by atoms with Crippen LogP contribution in [0.2, 0.25) is 5.02 Å². The molecule has 0 bridgehead atoms. The summed E-state index contributed by atoms with van der Waals surface area (Å²) in [7, 11) is 1.47. The molecular weight excluding hydrogens is 330 g/mol. The Bertz CT molecular complexity index is 617. The number of hydrogen-bond acceptors (Lipinski definition) is 7. The lowest BCUT2D eigenvalue weighted by Gasteiger charge is -2.02. The number of halogens is 1. The number of hydrogen-bond donors (Lipinski definition) is 0. The fourth-order valence-corrected chi connectivity index (χ4v) is 2.61. The first-order chi connectivity index (χ1) is 10.5. The number of esters is 2. The van der Waals surface area contributed by atoms with Gasteiger partial charge in [0, 0.05) is 17.4 Å². The Balaban J connectivity index is 2.93. The summed E-state index contributed by atoms with van der Waals surface area (Å²) in [4.78, 5) is 23.8. The molecule has 1 heterocycles. The lowest BCUT2D eigenvalue weighted by molar-refractivity contribution is -0.139. The fourth-order valence-electron chi connectivity index (χ4n) is 1.37. The van der Waals surface area contributed by atoms with Gasteiger partial charge in [-0.2, -0.15) is 5.26 Å². The number of methoxy groups -OCH3 is 1. The summed E-state index contributed by atoms with van der Waals surface area (Å²) in [6.07, 6.45) is 1.28. The second-order valence-corrected chi connectivity index (χ2v) is 5.14. The van der Waals surface area contributed by atoms with Crippen LogP contribution in [-0.2, 0) is 19.0 Å². The molecule has 0 atom stereocenters. The monoisotopic (exact) mass is 343 g/mol. The third-order valence-electron chi connectivity index (χ3n) is 2.39. The fraction of sp³-hybridized carbons (Fsp3) is 0.357. The van der Waals surface area contributed by atoms with E-state index in [1.54, 1.807) is 13.0 Å². The molecule has 1 aromatic rings. The van der Waals surface area contributed by atoms with Gasteiger partial charge in [0.1, 0.15) is 18.2 Å². The largest absolute Gasteiger partial charge is 0.462 e. The van der Waals surface area contributed by atoms with E-state index in [1.165, 1.54) is 18.6 Å². The molecule has 1 aromatic heterocycles. The van der Waals surface area contributed by atoms with Crippen molar-refractivity contribution in [2.45, 2.75) is 6.92 Å². The summed E-state index contributed by atoms with van der Waals surface area (Å²) in [6, 6.07) is 1.75. The highest BCUT2D eigenvalue weighted by atomic mass is 35.5. The van der Waals surface area contributed by atoms with Crippen LogP contribution in [0.25, 0.3) is 6.08 Å². The van der Waals surface area contributed by atoms with E-state index in [0.29, 0.717) is 4.88 Å². The predicted octanol–water partition coefficient (Wildman–Crippen LogP) is 2.67. The molecule has 1 rings (SSSR count). The predicted molar refractivity (Wildman–Crippen MR) is 81.7 cm³/mol. The molecule has 0 N–H and O–H groups in total. The van der Waals surface area contributed by atoms with E-state index in [9.17, 15) is 9.59 Å². The molecule has 0 unspecified atom stereocenters. The van der Waals surface area contributed by atoms with Gasteiger partial charge in [-0.3, -0.25) is 0 Å². The highest BCUT2D eigenvalue weighted by Gasteiger charge is 2.18. The van der Waals surface area contributed by atoms with Crippen molar-refractivity contribution in [1.82, 2.24) is 0 Å². The Morgan fingerprint density at radius 3 is 2.73 bits per heavy atom. The molecule has 0 saturated carbocycles. The van der Waals surface area contributed by atoms with Crippen molar-refractivity contribution in [1.29, 1.82) is 5.26 Å². The molecule has 0 aromatic carbocycles. The first-order valence-corrected chi connectivity index (χ1v) is 7.52. The maximum absolute atomic E-state index is 11.7. The molecular formula is C14H14ClNO5S. The molecule has 0 spiro atoms. The number of carbonyl (C=O) groups is 2. The average molecular weight is 344 g/mol.